The highest BCUT2D eigenvalue weighted by atomic mass is 32.1. The summed E-state index contributed by atoms with van der Waals surface area (Å²) in [7, 11) is 2.14. The van der Waals surface area contributed by atoms with Crippen molar-refractivity contribution in [3.8, 4) is 0 Å². The van der Waals surface area contributed by atoms with E-state index >= 15 is 0 Å². The van der Waals surface area contributed by atoms with Gasteiger partial charge in [-0.2, -0.15) is 0 Å². The summed E-state index contributed by atoms with van der Waals surface area (Å²) >= 11 is 5.02. The summed E-state index contributed by atoms with van der Waals surface area (Å²) in [5.74, 6) is 0.284. The molecule has 1 saturated carbocycles. The van der Waals surface area contributed by atoms with E-state index in [0.29, 0.717) is 11.1 Å². The molecule has 18 heavy (non-hydrogen) atoms. The van der Waals surface area contributed by atoms with E-state index in [1.165, 1.54) is 38.5 Å². The molecule has 0 aromatic carbocycles. The van der Waals surface area contributed by atoms with Crippen molar-refractivity contribution in [2.24, 2.45) is 11.7 Å². The Morgan fingerprint density at radius 3 is 2.72 bits per heavy atom. The van der Waals surface area contributed by atoms with E-state index < -0.39 is 0 Å². The third-order valence-corrected chi connectivity index (χ3v) is 4.84. The van der Waals surface area contributed by atoms with Gasteiger partial charge in [-0.05, 0) is 32.7 Å². The normalized spacial score (nSPS) is 28.1. The summed E-state index contributed by atoms with van der Waals surface area (Å²) in [6, 6.07) is 0. The van der Waals surface area contributed by atoms with Gasteiger partial charge in [-0.15, -0.1) is 0 Å². The van der Waals surface area contributed by atoms with E-state index in [0.717, 1.165) is 13.1 Å². The minimum atomic E-state index is 0.250. The van der Waals surface area contributed by atoms with Gasteiger partial charge in [-0.3, -0.25) is 0 Å². The SMILES string of the molecule is CC(CN(C)CC1CCC2(CCCC2)O1)C(N)=S. The van der Waals surface area contributed by atoms with Crippen LogP contribution in [0.5, 0.6) is 0 Å². The fourth-order valence-electron chi connectivity index (χ4n) is 3.39. The summed E-state index contributed by atoms with van der Waals surface area (Å²) in [5.41, 5.74) is 5.91. The first kappa shape index (κ1) is 14.2. The maximum atomic E-state index is 6.32. The van der Waals surface area contributed by atoms with Gasteiger partial charge in [0.15, 0.2) is 0 Å². The largest absolute Gasteiger partial charge is 0.393 e. The minimum Gasteiger partial charge on any atom is -0.393 e. The lowest BCUT2D eigenvalue weighted by molar-refractivity contribution is -0.0454. The van der Waals surface area contributed by atoms with Crippen LogP contribution < -0.4 is 5.73 Å². The average Bonchev–Trinajstić information content (AvgIpc) is 2.90. The van der Waals surface area contributed by atoms with Gasteiger partial charge in [0.2, 0.25) is 0 Å². The predicted octanol–water partition coefficient (Wildman–Crippen LogP) is 2.33. The van der Waals surface area contributed by atoms with Gasteiger partial charge in [0.05, 0.1) is 16.7 Å². The number of hydrogen-bond acceptors (Lipinski definition) is 3. The van der Waals surface area contributed by atoms with Crippen LogP contribution in [-0.4, -0.2) is 41.7 Å². The molecule has 0 radical (unpaired) electrons. The van der Waals surface area contributed by atoms with Crippen LogP contribution in [0.2, 0.25) is 0 Å². The number of hydrogen-bond donors (Lipinski definition) is 1. The zero-order valence-electron chi connectivity index (χ0n) is 11.7. The van der Waals surface area contributed by atoms with Gasteiger partial charge in [0.25, 0.3) is 0 Å². The molecule has 1 aliphatic heterocycles. The van der Waals surface area contributed by atoms with Crippen molar-refractivity contribution in [3.63, 3.8) is 0 Å². The molecule has 4 heteroatoms. The molecule has 3 nitrogen and oxygen atoms in total. The number of ether oxygens (including phenoxy) is 1. The molecule has 2 rings (SSSR count). The highest BCUT2D eigenvalue weighted by Gasteiger charge is 2.42. The zero-order valence-corrected chi connectivity index (χ0v) is 12.5. The van der Waals surface area contributed by atoms with E-state index in [2.05, 4.69) is 18.9 Å². The molecule has 2 atom stereocenters. The lowest BCUT2D eigenvalue weighted by Crippen LogP contribution is -2.37. The summed E-state index contributed by atoms with van der Waals surface area (Å²) in [6.07, 6.45) is 8.13. The third kappa shape index (κ3) is 3.43. The fourth-order valence-corrected chi connectivity index (χ4v) is 3.47. The van der Waals surface area contributed by atoms with Crippen LogP contribution in [0.1, 0.15) is 45.4 Å². The van der Waals surface area contributed by atoms with Crippen molar-refractivity contribution in [1.82, 2.24) is 4.90 Å². The van der Waals surface area contributed by atoms with Crippen molar-refractivity contribution < 1.29 is 4.74 Å². The number of thiocarbonyl (C=S) groups is 1. The van der Waals surface area contributed by atoms with Gasteiger partial charge in [0.1, 0.15) is 0 Å². The smallest absolute Gasteiger partial charge is 0.0768 e. The molecule has 0 aromatic rings. The minimum absolute atomic E-state index is 0.250. The Hall–Kier alpha value is -0.190. The Bertz CT molecular complexity index is 302. The van der Waals surface area contributed by atoms with E-state index in [1.807, 2.05) is 0 Å². The van der Waals surface area contributed by atoms with Gasteiger partial charge < -0.3 is 15.4 Å². The second-order valence-electron chi connectivity index (χ2n) is 6.19. The highest BCUT2D eigenvalue weighted by Crippen LogP contribution is 2.43. The Balaban J connectivity index is 1.75. The van der Waals surface area contributed by atoms with Crippen LogP contribution in [0, 0.1) is 5.92 Å². The number of nitrogens with zero attached hydrogens (tertiary/aromatic N) is 1. The molecule has 104 valence electrons. The highest BCUT2D eigenvalue weighted by molar-refractivity contribution is 7.80. The Morgan fingerprint density at radius 1 is 1.44 bits per heavy atom. The van der Waals surface area contributed by atoms with Crippen LogP contribution in [-0.2, 0) is 4.74 Å². The molecule has 2 unspecified atom stereocenters. The molecule has 2 N–H and O–H groups in total. The molecule has 1 saturated heterocycles. The fraction of sp³-hybridized carbons (Fsp3) is 0.929. The van der Waals surface area contributed by atoms with Crippen molar-refractivity contribution in [1.29, 1.82) is 0 Å². The van der Waals surface area contributed by atoms with Gasteiger partial charge >= 0.3 is 0 Å². The van der Waals surface area contributed by atoms with E-state index in [4.69, 9.17) is 22.7 Å². The zero-order chi connectivity index (χ0) is 13.2. The summed E-state index contributed by atoms with van der Waals surface area (Å²) in [6.45, 7) is 4.03. The van der Waals surface area contributed by atoms with E-state index in [9.17, 15) is 0 Å². The lowest BCUT2D eigenvalue weighted by atomic mass is 9.98. The van der Waals surface area contributed by atoms with Crippen molar-refractivity contribution in [3.05, 3.63) is 0 Å². The molecule has 1 aliphatic carbocycles. The first-order valence-corrected chi connectivity index (χ1v) is 7.57. The first-order valence-electron chi connectivity index (χ1n) is 7.16. The van der Waals surface area contributed by atoms with Crippen LogP contribution in [0.3, 0.4) is 0 Å². The second-order valence-corrected chi connectivity index (χ2v) is 6.66. The topological polar surface area (TPSA) is 38.5 Å². The maximum absolute atomic E-state index is 6.32. The number of likely N-dealkylation sites (N-methyl/N-ethyl adjacent to an activating group) is 1. The predicted molar refractivity (Wildman–Crippen MR) is 78.8 cm³/mol. The van der Waals surface area contributed by atoms with Crippen molar-refractivity contribution in [2.75, 3.05) is 20.1 Å². The summed E-state index contributed by atoms with van der Waals surface area (Å²) in [5, 5.41) is 0. The van der Waals surface area contributed by atoms with E-state index in [-0.39, 0.29) is 11.5 Å². The molecule has 0 bridgehead atoms. The van der Waals surface area contributed by atoms with Crippen LogP contribution >= 0.6 is 12.2 Å². The molecule has 2 aliphatic rings. The van der Waals surface area contributed by atoms with E-state index in [1.54, 1.807) is 0 Å². The average molecular weight is 270 g/mol. The Labute approximate surface area is 116 Å². The second kappa shape index (κ2) is 5.85. The van der Waals surface area contributed by atoms with Gasteiger partial charge in [-0.1, -0.05) is 32.0 Å². The Morgan fingerprint density at radius 2 is 2.11 bits per heavy atom. The molecule has 0 aromatic heterocycles. The molecule has 1 spiro atoms. The lowest BCUT2D eigenvalue weighted by Gasteiger charge is -2.27. The molecule has 2 fully saturated rings. The standard InChI is InChI=1S/C14H26N2OS/c1-11(13(15)18)9-16(2)10-12-5-8-14(17-12)6-3-4-7-14/h11-12H,3-10H2,1-2H3,(H2,15,18). The van der Waals surface area contributed by atoms with Crippen LogP contribution in [0.15, 0.2) is 0 Å². The van der Waals surface area contributed by atoms with Crippen molar-refractivity contribution >= 4 is 17.2 Å². The molecular weight excluding hydrogens is 244 g/mol. The third-order valence-electron chi connectivity index (χ3n) is 4.44. The Kier molecular flexibility index (Phi) is 4.62. The monoisotopic (exact) mass is 270 g/mol. The molecular formula is C14H26N2OS. The van der Waals surface area contributed by atoms with Crippen LogP contribution in [0.25, 0.3) is 0 Å². The summed E-state index contributed by atoms with van der Waals surface area (Å²) < 4.78 is 6.32. The van der Waals surface area contributed by atoms with Gasteiger partial charge in [0, 0.05) is 19.0 Å². The summed E-state index contributed by atoms with van der Waals surface area (Å²) in [4.78, 5) is 2.92. The number of nitrogens with two attached hydrogens (primary N) is 1. The first-order chi connectivity index (χ1) is 8.51. The molecule has 0 amide bonds. The van der Waals surface area contributed by atoms with Crippen molar-refractivity contribution in [2.45, 2.75) is 57.2 Å². The van der Waals surface area contributed by atoms with Gasteiger partial charge in [-0.25, -0.2) is 0 Å². The quantitative estimate of drug-likeness (QED) is 0.778. The number of rotatable bonds is 5. The maximum Gasteiger partial charge on any atom is 0.0768 e. The molecule has 1 heterocycles. The van der Waals surface area contributed by atoms with Crippen LogP contribution in [0.4, 0.5) is 0 Å².